The number of anilines is 1. The molecule has 126 valence electrons. The first kappa shape index (κ1) is 16.5. The highest BCUT2D eigenvalue weighted by Gasteiger charge is 2.26. The lowest BCUT2D eigenvalue weighted by atomic mass is 10.2. The van der Waals surface area contributed by atoms with Gasteiger partial charge in [0, 0.05) is 14.0 Å². The van der Waals surface area contributed by atoms with Crippen molar-refractivity contribution >= 4 is 27.3 Å². The topological polar surface area (TPSA) is 103 Å². The van der Waals surface area contributed by atoms with E-state index in [0.29, 0.717) is 22.8 Å². The number of aryl methyl sites for hydroxylation is 3. The van der Waals surface area contributed by atoms with Gasteiger partial charge in [-0.3, -0.25) is 9.40 Å². The average Bonchev–Trinajstić information content (AvgIpc) is 3.03. The smallest absolute Gasteiger partial charge is 0.266 e. The highest BCUT2D eigenvalue weighted by atomic mass is 35.5. The van der Waals surface area contributed by atoms with E-state index in [1.165, 1.54) is 4.68 Å². The molecule has 0 bridgehead atoms. The summed E-state index contributed by atoms with van der Waals surface area (Å²) in [5.74, 6) is 0.605. The number of sulfonamides is 1. The lowest BCUT2D eigenvalue weighted by molar-refractivity contribution is 0.533. The van der Waals surface area contributed by atoms with E-state index < -0.39 is 10.0 Å². The minimum absolute atomic E-state index is 0.0334. The van der Waals surface area contributed by atoms with Crippen LogP contribution in [0.15, 0.2) is 33.6 Å². The van der Waals surface area contributed by atoms with Gasteiger partial charge in [0.1, 0.15) is 10.0 Å². The number of nitrogens with zero attached hydrogens (tertiary/aromatic N) is 4. The molecule has 0 atom stereocenters. The van der Waals surface area contributed by atoms with E-state index in [4.69, 9.17) is 16.0 Å². The molecule has 1 aromatic carbocycles. The molecule has 0 aliphatic carbocycles. The Morgan fingerprint density at radius 1 is 1.21 bits per heavy atom. The van der Waals surface area contributed by atoms with Crippen molar-refractivity contribution in [2.75, 3.05) is 4.72 Å². The molecule has 2 aromatic heterocycles. The number of hydrogen-bond donors (Lipinski definition) is 1. The van der Waals surface area contributed by atoms with Gasteiger partial charge in [-0.05, 0) is 19.1 Å². The minimum Gasteiger partial charge on any atom is -0.421 e. The van der Waals surface area contributed by atoms with Crippen LogP contribution in [0.25, 0.3) is 11.5 Å². The van der Waals surface area contributed by atoms with Crippen LogP contribution in [-0.2, 0) is 17.1 Å². The fraction of sp³-hybridized carbons (Fsp3) is 0.214. The highest BCUT2D eigenvalue weighted by molar-refractivity contribution is 7.93. The van der Waals surface area contributed by atoms with Gasteiger partial charge in [-0.2, -0.15) is 5.10 Å². The van der Waals surface area contributed by atoms with Gasteiger partial charge in [0.2, 0.25) is 11.8 Å². The monoisotopic (exact) mass is 367 g/mol. The second-order valence-corrected chi connectivity index (χ2v) is 7.08. The number of rotatable bonds is 4. The lowest BCUT2D eigenvalue weighted by Gasteiger charge is -2.10. The fourth-order valence-corrected chi connectivity index (χ4v) is 4.11. The molecule has 0 amide bonds. The molecule has 0 aliphatic heterocycles. The summed E-state index contributed by atoms with van der Waals surface area (Å²) < 4.78 is 34.7. The molecule has 0 saturated heterocycles. The van der Waals surface area contributed by atoms with Crippen LogP contribution >= 0.6 is 11.6 Å². The van der Waals surface area contributed by atoms with Gasteiger partial charge in [-0.1, -0.05) is 23.7 Å². The van der Waals surface area contributed by atoms with Gasteiger partial charge in [0.25, 0.3) is 10.0 Å². The van der Waals surface area contributed by atoms with Crippen molar-refractivity contribution in [3.8, 4) is 11.5 Å². The van der Waals surface area contributed by atoms with E-state index in [2.05, 4.69) is 20.0 Å². The summed E-state index contributed by atoms with van der Waals surface area (Å²) in [4.78, 5) is -0.0665. The molecule has 0 spiro atoms. The summed E-state index contributed by atoms with van der Waals surface area (Å²) in [6, 6.07) is 6.73. The molecular formula is C14H14ClN5O3S. The maximum atomic E-state index is 12.7. The molecule has 0 saturated carbocycles. The Morgan fingerprint density at radius 3 is 2.50 bits per heavy atom. The van der Waals surface area contributed by atoms with Crippen molar-refractivity contribution in [2.24, 2.45) is 7.05 Å². The van der Waals surface area contributed by atoms with E-state index in [-0.39, 0.29) is 15.9 Å². The van der Waals surface area contributed by atoms with Gasteiger partial charge in [0.15, 0.2) is 0 Å². The molecule has 0 radical (unpaired) electrons. The molecule has 24 heavy (non-hydrogen) atoms. The number of hydrogen-bond acceptors (Lipinski definition) is 6. The van der Waals surface area contributed by atoms with Crippen LogP contribution < -0.4 is 4.72 Å². The van der Waals surface area contributed by atoms with Crippen molar-refractivity contribution in [3.05, 3.63) is 41.0 Å². The Hall–Kier alpha value is -2.39. The van der Waals surface area contributed by atoms with Crippen LogP contribution in [0, 0.1) is 13.8 Å². The summed E-state index contributed by atoms with van der Waals surface area (Å²) in [7, 11) is -2.36. The Morgan fingerprint density at radius 2 is 1.92 bits per heavy atom. The second kappa shape index (κ2) is 5.91. The Balaban J connectivity index is 2.06. The van der Waals surface area contributed by atoms with Crippen LogP contribution in [0.2, 0.25) is 5.15 Å². The molecule has 0 aliphatic rings. The number of halogens is 1. The molecule has 3 aromatic rings. The van der Waals surface area contributed by atoms with Crippen LogP contribution in [0.5, 0.6) is 0 Å². The van der Waals surface area contributed by atoms with Crippen LogP contribution in [0.4, 0.5) is 5.69 Å². The standard InChI is InChI=1S/C14H14ClN5O3S/c1-8-12(13(15)20(3)18-8)24(21,22)19-11-7-5-4-6-10(11)14-17-16-9(2)23-14/h4-7,19H,1-3H3. The summed E-state index contributed by atoms with van der Waals surface area (Å²) in [5, 5.41) is 11.7. The molecule has 1 N–H and O–H groups in total. The average molecular weight is 368 g/mol. The first-order chi connectivity index (χ1) is 11.3. The van der Waals surface area contributed by atoms with E-state index in [1.807, 2.05) is 0 Å². The van der Waals surface area contributed by atoms with Gasteiger partial charge >= 0.3 is 0 Å². The van der Waals surface area contributed by atoms with Crippen LogP contribution in [-0.4, -0.2) is 28.4 Å². The zero-order chi connectivity index (χ0) is 17.5. The fourth-order valence-electron chi connectivity index (χ4n) is 2.28. The molecule has 0 unspecified atom stereocenters. The van der Waals surface area contributed by atoms with E-state index in [0.717, 1.165) is 0 Å². The van der Waals surface area contributed by atoms with Gasteiger partial charge in [0.05, 0.1) is 16.9 Å². The van der Waals surface area contributed by atoms with Crippen LogP contribution in [0.1, 0.15) is 11.6 Å². The van der Waals surface area contributed by atoms with Crippen molar-refractivity contribution in [1.29, 1.82) is 0 Å². The SMILES string of the molecule is Cc1nnc(-c2ccccc2NS(=O)(=O)c2c(C)nn(C)c2Cl)o1. The quantitative estimate of drug-likeness (QED) is 0.760. The Bertz CT molecular complexity index is 1010. The normalized spacial score (nSPS) is 11.7. The third-order valence-corrected chi connectivity index (χ3v) is 5.36. The summed E-state index contributed by atoms with van der Waals surface area (Å²) >= 11 is 6.07. The van der Waals surface area contributed by atoms with E-state index in [1.54, 1.807) is 45.2 Å². The zero-order valence-corrected chi connectivity index (χ0v) is 14.7. The first-order valence-electron chi connectivity index (χ1n) is 6.91. The largest absolute Gasteiger partial charge is 0.421 e. The molecule has 8 nitrogen and oxygen atoms in total. The lowest BCUT2D eigenvalue weighted by Crippen LogP contribution is -2.14. The third kappa shape index (κ3) is 2.87. The first-order valence-corrected chi connectivity index (χ1v) is 8.77. The number of benzene rings is 1. The summed E-state index contributed by atoms with van der Waals surface area (Å²) in [5.41, 5.74) is 1.08. The van der Waals surface area contributed by atoms with Gasteiger partial charge < -0.3 is 4.42 Å². The minimum atomic E-state index is -3.93. The molecule has 0 fully saturated rings. The highest BCUT2D eigenvalue weighted by Crippen LogP contribution is 2.31. The second-order valence-electron chi connectivity index (χ2n) is 5.11. The predicted octanol–water partition coefficient (Wildman–Crippen LogP) is 2.54. The molecule has 2 heterocycles. The van der Waals surface area contributed by atoms with Gasteiger partial charge in [-0.15, -0.1) is 10.2 Å². The molecular weight excluding hydrogens is 354 g/mol. The summed E-state index contributed by atoms with van der Waals surface area (Å²) in [6.07, 6.45) is 0. The number of para-hydroxylation sites is 1. The van der Waals surface area contributed by atoms with E-state index in [9.17, 15) is 8.42 Å². The molecule has 10 heteroatoms. The predicted molar refractivity (Wildman–Crippen MR) is 88.2 cm³/mol. The van der Waals surface area contributed by atoms with E-state index >= 15 is 0 Å². The van der Waals surface area contributed by atoms with Gasteiger partial charge in [-0.25, -0.2) is 8.42 Å². The molecule has 3 rings (SSSR count). The third-order valence-electron chi connectivity index (χ3n) is 3.30. The zero-order valence-electron chi connectivity index (χ0n) is 13.1. The van der Waals surface area contributed by atoms with Crippen molar-refractivity contribution in [2.45, 2.75) is 18.7 Å². The number of aromatic nitrogens is 4. The maximum Gasteiger partial charge on any atom is 0.266 e. The van der Waals surface area contributed by atoms with Crippen molar-refractivity contribution in [3.63, 3.8) is 0 Å². The maximum absolute atomic E-state index is 12.7. The van der Waals surface area contributed by atoms with Crippen LogP contribution in [0.3, 0.4) is 0 Å². The Labute approximate surface area is 143 Å². The summed E-state index contributed by atoms with van der Waals surface area (Å²) in [6.45, 7) is 3.23. The number of nitrogens with one attached hydrogen (secondary N) is 1. The van der Waals surface area contributed by atoms with Crippen molar-refractivity contribution < 1.29 is 12.8 Å². The Kier molecular flexibility index (Phi) is 4.06. The van der Waals surface area contributed by atoms with Crippen molar-refractivity contribution in [1.82, 2.24) is 20.0 Å².